The first-order valence-corrected chi connectivity index (χ1v) is 6.65. The van der Waals surface area contributed by atoms with Crippen LogP contribution < -0.4 is 5.73 Å². The van der Waals surface area contributed by atoms with E-state index < -0.39 is 5.92 Å². The topological polar surface area (TPSA) is 26.0 Å². The van der Waals surface area contributed by atoms with Gasteiger partial charge in [-0.15, -0.1) is 0 Å². The molecular weight excluding hydrogens is 232 g/mol. The fourth-order valence-electron chi connectivity index (χ4n) is 2.78. The fourth-order valence-corrected chi connectivity index (χ4v) is 2.78. The van der Waals surface area contributed by atoms with Gasteiger partial charge >= 0.3 is 0 Å². The lowest BCUT2D eigenvalue weighted by molar-refractivity contribution is 0.0226. The summed E-state index contributed by atoms with van der Waals surface area (Å²) in [6.07, 6.45) is 5.35. The van der Waals surface area contributed by atoms with Gasteiger partial charge in [0.05, 0.1) is 0 Å². The molecule has 1 aromatic carbocycles. The van der Waals surface area contributed by atoms with Crippen LogP contribution in [0.4, 0.5) is 8.78 Å². The first-order chi connectivity index (χ1) is 8.39. The molecule has 1 fully saturated rings. The van der Waals surface area contributed by atoms with Crippen molar-refractivity contribution >= 4 is 0 Å². The molecule has 2 N–H and O–H groups in total. The van der Waals surface area contributed by atoms with Crippen LogP contribution in [0, 0.1) is 0 Å². The molecule has 0 aromatic heterocycles. The summed E-state index contributed by atoms with van der Waals surface area (Å²) in [5.74, 6) is -2.65. The van der Waals surface area contributed by atoms with Crippen LogP contribution in [0.25, 0.3) is 0 Å². The van der Waals surface area contributed by atoms with Crippen LogP contribution in [0.2, 0.25) is 0 Å². The van der Waals surface area contributed by atoms with Crippen molar-refractivity contribution in [2.24, 2.45) is 5.73 Å². The first-order valence-electron chi connectivity index (χ1n) is 6.65. The minimum absolute atomic E-state index is 0.204. The average molecular weight is 253 g/mol. The Labute approximate surface area is 107 Å². The van der Waals surface area contributed by atoms with Crippen molar-refractivity contribution in [3.63, 3.8) is 0 Å². The molecule has 2 rings (SSSR count). The van der Waals surface area contributed by atoms with E-state index in [1.165, 1.54) is 6.42 Å². The van der Waals surface area contributed by atoms with Gasteiger partial charge in [-0.05, 0) is 30.9 Å². The van der Waals surface area contributed by atoms with Crippen molar-refractivity contribution in [2.75, 3.05) is 0 Å². The number of hydrogen-bond acceptors (Lipinski definition) is 1. The first kappa shape index (κ1) is 13.5. The van der Waals surface area contributed by atoms with Crippen LogP contribution in [-0.2, 0) is 12.0 Å². The van der Waals surface area contributed by atoms with Gasteiger partial charge < -0.3 is 5.73 Å². The van der Waals surface area contributed by atoms with Crippen LogP contribution in [-0.4, -0.2) is 5.92 Å². The molecule has 1 nitrogen and oxygen atoms in total. The summed E-state index contributed by atoms with van der Waals surface area (Å²) in [6.45, 7) is 0.951. The summed E-state index contributed by atoms with van der Waals surface area (Å²) in [6, 6.07) is 7.42. The zero-order valence-electron chi connectivity index (χ0n) is 10.9. The minimum Gasteiger partial charge on any atom is -0.321 e. The van der Waals surface area contributed by atoms with Gasteiger partial charge in [0.15, 0.2) is 0 Å². The van der Waals surface area contributed by atoms with E-state index in [0.29, 0.717) is 5.56 Å². The van der Waals surface area contributed by atoms with Crippen molar-refractivity contribution in [1.82, 2.24) is 0 Å². The molecule has 1 aromatic rings. The number of nitrogens with two attached hydrogens (primary N) is 1. The third-order valence-electron chi connectivity index (χ3n) is 3.79. The molecule has 0 atom stereocenters. The van der Waals surface area contributed by atoms with Gasteiger partial charge in [0.1, 0.15) is 0 Å². The maximum atomic E-state index is 12.9. The van der Waals surface area contributed by atoms with Crippen molar-refractivity contribution in [1.29, 1.82) is 0 Å². The van der Waals surface area contributed by atoms with Crippen LogP contribution in [0.1, 0.15) is 50.2 Å². The summed E-state index contributed by atoms with van der Waals surface area (Å²) in [4.78, 5) is 0. The number of benzene rings is 1. The van der Waals surface area contributed by atoms with Gasteiger partial charge in [-0.1, -0.05) is 43.5 Å². The van der Waals surface area contributed by atoms with Crippen LogP contribution >= 0.6 is 0 Å². The highest BCUT2D eigenvalue weighted by Gasteiger charge is 2.29. The lowest BCUT2D eigenvalue weighted by Gasteiger charge is -2.34. The van der Waals surface area contributed by atoms with Crippen molar-refractivity contribution in [3.05, 3.63) is 35.4 Å². The Bertz CT molecular complexity index is 386. The predicted octanol–water partition coefficient (Wildman–Crippen LogP) is 4.00. The van der Waals surface area contributed by atoms with E-state index in [4.69, 9.17) is 5.73 Å². The number of rotatable bonds is 3. The molecule has 0 bridgehead atoms. The molecule has 0 radical (unpaired) electrons. The SMILES string of the molecule is CC(F)(F)Cc1ccc(C2(N)CCCCC2)cc1. The highest BCUT2D eigenvalue weighted by molar-refractivity contribution is 5.29. The Kier molecular flexibility index (Phi) is 3.71. The zero-order valence-corrected chi connectivity index (χ0v) is 10.9. The number of hydrogen-bond donors (Lipinski definition) is 1. The number of halogens is 2. The second-order valence-corrected chi connectivity index (χ2v) is 5.66. The van der Waals surface area contributed by atoms with Gasteiger partial charge in [0.2, 0.25) is 5.92 Å². The summed E-state index contributed by atoms with van der Waals surface area (Å²) in [7, 11) is 0. The van der Waals surface area contributed by atoms with Crippen molar-refractivity contribution in [2.45, 2.75) is 56.9 Å². The third-order valence-corrected chi connectivity index (χ3v) is 3.79. The molecule has 0 saturated heterocycles. The quantitative estimate of drug-likeness (QED) is 0.865. The normalized spacial score (nSPS) is 19.8. The summed E-state index contributed by atoms with van der Waals surface area (Å²) in [5.41, 5.74) is 7.93. The summed E-state index contributed by atoms with van der Waals surface area (Å²) in [5, 5.41) is 0. The Hall–Kier alpha value is -0.960. The second kappa shape index (κ2) is 4.96. The fraction of sp³-hybridized carbons (Fsp3) is 0.600. The van der Waals surface area contributed by atoms with E-state index in [1.54, 1.807) is 12.1 Å². The van der Waals surface area contributed by atoms with Crippen molar-refractivity contribution in [3.8, 4) is 0 Å². The van der Waals surface area contributed by atoms with Gasteiger partial charge in [-0.2, -0.15) is 0 Å². The lowest BCUT2D eigenvalue weighted by Crippen LogP contribution is -2.38. The van der Waals surface area contributed by atoms with Gasteiger partial charge in [0.25, 0.3) is 0 Å². The maximum absolute atomic E-state index is 12.9. The Balaban J connectivity index is 2.12. The monoisotopic (exact) mass is 253 g/mol. The lowest BCUT2D eigenvalue weighted by atomic mass is 9.77. The average Bonchev–Trinajstić information content (AvgIpc) is 2.28. The molecule has 0 spiro atoms. The molecule has 1 aliphatic carbocycles. The molecule has 0 unspecified atom stereocenters. The highest BCUT2D eigenvalue weighted by atomic mass is 19.3. The molecule has 0 aliphatic heterocycles. The molecule has 1 saturated carbocycles. The highest BCUT2D eigenvalue weighted by Crippen LogP contribution is 2.35. The summed E-state index contributed by atoms with van der Waals surface area (Å²) >= 11 is 0. The van der Waals surface area contributed by atoms with Crippen molar-refractivity contribution < 1.29 is 8.78 Å². The van der Waals surface area contributed by atoms with E-state index in [1.807, 2.05) is 12.1 Å². The Morgan fingerprint density at radius 1 is 1.11 bits per heavy atom. The van der Waals surface area contributed by atoms with E-state index in [-0.39, 0.29) is 12.0 Å². The van der Waals surface area contributed by atoms with Gasteiger partial charge in [-0.3, -0.25) is 0 Å². The molecule has 1 aliphatic rings. The molecule has 100 valence electrons. The third kappa shape index (κ3) is 3.29. The minimum atomic E-state index is -2.65. The van der Waals surface area contributed by atoms with E-state index in [0.717, 1.165) is 38.2 Å². The second-order valence-electron chi connectivity index (χ2n) is 5.66. The van der Waals surface area contributed by atoms with Crippen LogP contribution in [0.15, 0.2) is 24.3 Å². The molecular formula is C15H21F2N. The maximum Gasteiger partial charge on any atom is 0.249 e. The smallest absolute Gasteiger partial charge is 0.249 e. The van der Waals surface area contributed by atoms with Crippen LogP contribution in [0.3, 0.4) is 0 Å². The van der Waals surface area contributed by atoms with Crippen LogP contribution in [0.5, 0.6) is 0 Å². The Morgan fingerprint density at radius 3 is 2.17 bits per heavy atom. The molecule has 0 heterocycles. The molecule has 0 amide bonds. The molecule has 3 heteroatoms. The van der Waals surface area contributed by atoms with Gasteiger partial charge in [0, 0.05) is 12.0 Å². The molecule has 18 heavy (non-hydrogen) atoms. The largest absolute Gasteiger partial charge is 0.321 e. The van der Waals surface area contributed by atoms with E-state index >= 15 is 0 Å². The van der Waals surface area contributed by atoms with Gasteiger partial charge in [-0.25, -0.2) is 8.78 Å². The Morgan fingerprint density at radius 2 is 1.67 bits per heavy atom. The standard InChI is InChI=1S/C15H21F2N/c1-14(16,17)11-12-5-7-13(8-6-12)15(18)9-3-2-4-10-15/h5-8H,2-4,9-11,18H2,1H3. The number of alkyl halides is 2. The van der Waals surface area contributed by atoms with E-state index in [9.17, 15) is 8.78 Å². The summed E-state index contributed by atoms with van der Waals surface area (Å²) < 4.78 is 25.8. The van der Waals surface area contributed by atoms with E-state index in [2.05, 4.69) is 0 Å². The zero-order chi connectivity index (χ0) is 13.2. The predicted molar refractivity (Wildman–Crippen MR) is 69.7 cm³/mol.